The number of carbonyl (C=O) groups excluding carboxylic acids is 1. The van der Waals surface area contributed by atoms with Crippen molar-refractivity contribution in [3.8, 4) is 0 Å². The van der Waals surface area contributed by atoms with Crippen molar-refractivity contribution in [3.63, 3.8) is 0 Å². The molecule has 0 atom stereocenters. The molecule has 1 amide bonds. The fourth-order valence-corrected chi connectivity index (χ4v) is 3.77. The standard InChI is InChI=1S/C18H13ClN4O2S/c1-2-23-13-8-7-10(19)9-11(13)16(24)15(22-23)17(25)21-18-20-12-5-3-4-6-14(12)26-18/h3-9H,2H2,1H3,(H,20,21,25). The molecule has 0 radical (unpaired) electrons. The van der Waals surface area contributed by atoms with Gasteiger partial charge in [0.1, 0.15) is 0 Å². The molecule has 0 aliphatic rings. The average molecular weight is 385 g/mol. The van der Waals surface area contributed by atoms with Gasteiger partial charge in [0.05, 0.1) is 21.1 Å². The summed E-state index contributed by atoms with van der Waals surface area (Å²) in [5, 5.41) is 8.12. The Labute approximate surface area is 157 Å². The first-order chi connectivity index (χ1) is 12.6. The van der Waals surface area contributed by atoms with E-state index >= 15 is 0 Å². The summed E-state index contributed by atoms with van der Waals surface area (Å²) in [6.45, 7) is 2.40. The zero-order valence-electron chi connectivity index (χ0n) is 13.7. The van der Waals surface area contributed by atoms with Crippen molar-refractivity contribution in [1.82, 2.24) is 14.8 Å². The van der Waals surface area contributed by atoms with Gasteiger partial charge in [0, 0.05) is 11.6 Å². The number of thiazole rings is 1. The van der Waals surface area contributed by atoms with E-state index in [2.05, 4.69) is 15.4 Å². The van der Waals surface area contributed by atoms with Crippen LogP contribution in [-0.4, -0.2) is 20.7 Å². The number of carbonyl (C=O) groups is 1. The second-order valence-corrected chi connectivity index (χ2v) is 7.06. The summed E-state index contributed by atoms with van der Waals surface area (Å²) in [5.74, 6) is -0.585. The first kappa shape index (κ1) is 16.7. The van der Waals surface area contributed by atoms with Gasteiger partial charge in [0.2, 0.25) is 5.43 Å². The monoisotopic (exact) mass is 384 g/mol. The maximum absolute atomic E-state index is 12.7. The SMILES string of the molecule is CCn1nc(C(=O)Nc2nc3ccccc3s2)c(=O)c2cc(Cl)ccc21. The summed E-state index contributed by atoms with van der Waals surface area (Å²) in [7, 11) is 0. The lowest BCUT2D eigenvalue weighted by atomic mass is 10.2. The van der Waals surface area contributed by atoms with E-state index in [1.165, 1.54) is 11.3 Å². The van der Waals surface area contributed by atoms with E-state index in [1.807, 2.05) is 31.2 Å². The van der Waals surface area contributed by atoms with Crippen molar-refractivity contribution in [2.75, 3.05) is 5.32 Å². The highest BCUT2D eigenvalue weighted by atomic mass is 35.5. The quantitative estimate of drug-likeness (QED) is 0.580. The van der Waals surface area contributed by atoms with Crippen molar-refractivity contribution in [2.45, 2.75) is 13.5 Å². The molecule has 4 rings (SSSR count). The average Bonchev–Trinajstić information content (AvgIpc) is 3.04. The van der Waals surface area contributed by atoms with Crippen LogP contribution in [0.15, 0.2) is 47.3 Å². The Morgan fingerprint density at radius 2 is 2.08 bits per heavy atom. The number of halogens is 1. The molecule has 0 saturated heterocycles. The summed E-state index contributed by atoms with van der Waals surface area (Å²) in [5.41, 5.74) is 0.794. The molecule has 1 N–H and O–H groups in total. The predicted molar refractivity (Wildman–Crippen MR) is 104 cm³/mol. The number of anilines is 1. The van der Waals surface area contributed by atoms with Crippen LogP contribution in [0, 0.1) is 0 Å². The van der Waals surface area contributed by atoms with E-state index in [1.54, 1.807) is 22.9 Å². The van der Waals surface area contributed by atoms with Gasteiger partial charge in [-0.05, 0) is 37.3 Å². The van der Waals surface area contributed by atoms with E-state index in [9.17, 15) is 9.59 Å². The van der Waals surface area contributed by atoms with E-state index in [-0.39, 0.29) is 5.69 Å². The molecule has 130 valence electrons. The van der Waals surface area contributed by atoms with Gasteiger partial charge < -0.3 is 0 Å². The molecule has 2 aromatic heterocycles. The molecule has 8 heteroatoms. The van der Waals surface area contributed by atoms with Gasteiger partial charge in [-0.1, -0.05) is 35.1 Å². The normalized spacial score (nSPS) is 11.2. The molecule has 2 aromatic carbocycles. The van der Waals surface area contributed by atoms with Crippen LogP contribution >= 0.6 is 22.9 Å². The van der Waals surface area contributed by atoms with Crippen LogP contribution < -0.4 is 10.7 Å². The van der Waals surface area contributed by atoms with Gasteiger partial charge in [0.25, 0.3) is 5.91 Å². The molecular weight excluding hydrogens is 372 g/mol. The molecule has 0 spiro atoms. The number of hydrogen-bond donors (Lipinski definition) is 1. The number of nitrogens with zero attached hydrogens (tertiary/aromatic N) is 3. The third kappa shape index (κ3) is 2.85. The predicted octanol–water partition coefficient (Wildman–Crippen LogP) is 3.93. The zero-order chi connectivity index (χ0) is 18.3. The van der Waals surface area contributed by atoms with Crippen molar-refractivity contribution in [1.29, 1.82) is 0 Å². The molecule has 6 nitrogen and oxygen atoms in total. The van der Waals surface area contributed by atoms with Gasteiger partial charge in [-0.2, -0.15) is 5.10 Å². The van der Waals surface area contributed by atoms with Gasteiger partial charge in [-0.3, -0.25) is 19.6 Å². The molecule has 0 fully saturated rings. The van der Waals surface area contributed by atoms with E-state index in [0.29, 0.717) is 27.6 Å². The second-order valence-electron chi connectivity index (χ2n) is 5.60. The second kappa shape index (κ2) is 6.51. The lowest BCUT2D eigenvalue weighted by Gasteiger charge is -2.10. The summed E-state index contributed by atoms with van der Waals surface area (Å²) >= 11 is 7.36. The van der Waals surface area contributed by atoms with E-state index < -0.39 is 11.3 Å². The van der Waals surface area contributed by atoms with Crippen LogP contribution in [0.3, 0.4) is 0 Å². The lowest BCUT2D eigenvalue weighted by Crippen LogP contribution is -2.27. The molecule has 0 unspecified atom stereocenters. The minimum Gasteiger partial charge on any atom is -0.296 e. The maximum Gasteiger partial charge on any atom is 0.281 e. The molecular formula is C18H13ClN4O2S. The number of rotatable bonds is 3. The largest absolute Gasteiger partial charge is 0.296 e. The van der Waals surface area contributed by atoms with E-state index in [4.69, 9.17) is 11.6 Å². The van der Waals surface area contributed by atoms with Crippen LogP contribution in [0.5, 0.6) is 0 Å². The number of hydrogen-bond acceptors (Lipinski definition) is 5. The molecule has 0 bridgehead atoms. The Kier molecular flexibility index (Phi) is 4.18. The van der Waals surface area contributed by atoms with Crippen molar-refractivity contribution in [3.05, 3.63) is 63.4 Å². The van der Waals surface area contributed by atoms with Crippen LogP contribution in [-0.2, 0) is 6.54 Å². The highest BCUT2D eigenvalue weighted by Gasteiger charge is 2.19. The Morgan fingerprint density at radius 1 is 1.27 bits per heavy atom. The topological polar surface area (TPSA) is 76.9 Å². The first-order valence-corrected chi connectivity index (χ1v) is 9.13. The summed E-state index contributed by atoms with van der Waals surface area (Å²) in [4.78, 5) is 29.8. The van der Waals surface area contributed by atoms with Gasteiger partial charge in [0.15, 0.2) is 10.8 Å². The fourth-order valence-electron chi connectivity index (χ4n) is 2.73. The van der Waals surface area contributed by atoms with Gasteiger partial charge >= 0.3 is 0 Å². The highest BCUT2D eigenvalue weighted by molar-refractivity contribution is 7.22. The summed E-state index contributed by atoms with van der Waals surface area (Å²) in [6.07, 6.45) is 0. The van der Waals surface area contributed by atoms with Crippen LogP contribution in [0.25, 0.3) is 21.1 Å². The van der Waals surface area contributed by atoms with Crippen molar-refractivity contribution < 1.29 is 4.79 Å². The lowest BCUT2D eigenvalue weighted by molar-refractivity contribution is 0.101. The number of nitrogens with one attached hydrogen (secondary N) is 1. The molecule has 0 aliphatic heterocycles. The van der Waals surface area contributed by atoms with Crippen LogP contribution in [0.2, 0.25) is 5.02 Å². The third-order valence-corrected chi connectivity index (χ3v) is 5.13. The van der Waals surface area contributed by atoms with Crippen molar-refractivity contribution >= 4 is 55.1 Å². The Hall–Kier alpha value is -2.77. The van der Waals surface area contributed by atoms with Crippen LogP contribution in [0.1, 0.15) is 17.4 Å². The van der Waals surface area contributed by atoms with Crippen molar-refractivity contribution in [2.24, 2.45) is 0 Å². The zero-order valence-corrected chi connectivity index (χ0v) is 15.3. The molecule has 2 heterocycles. The number of aromatic nitrogens is 3. The highest BCUT2D eigenvalue weighted by Crippen LogP contribution is 2.25. The van der Waals surface area contributed by atoms with Crippen LogP contribution in [0.4, 0.5) is 5.13 Å². The molecule has 0 saturated carbocycles. The number of para-hydroxylation sites is 1. The minimum absolute atomic E-state index is 0.180. The minimum atomic E-state index is -0.585. The third-order valence-electron chi connectivity index (χ3n) is 3.95. The summed E-state index contributed by atoms with van der Waals surface area (Å²) < 4.78 is 2.56. The first-order valence-electron chi connectivity index (χ1n) is 7.94. The molecule has 26 heavy (non-hydrogen) atoms. The Balaban J connectivity index is 1.78. The molecule has 0 aliphatic carbocycles. The number of aryl methyl sites for hydroxylation is 1. The van der Waals surface area contributed by atoms with Gasteiger partial charge in [-0.15, -0.1) is 0 Å². The number of fused-ring (bicyclic) bond motifs is 2. The number of benzene rings is 2. The number of amides is 1. The summed E-state index contributed by atoms with van der Waals surface area (Å²) in [6, 6.07) is 12.5. The Morgan fingerprint density at radius 3 is 2.85 bits per heavy atom. The Bertz CT molecular complexity index is 1180. The molecule has 4 aromatic rings. The van der Waals surface area contributed by atoms with E-state index in [0.717, 1.165) is 10.2 Å². The fraction of sp³-hybridized carbons (Fsp3) is 0.111. The smallest absolute Gasteiger partial charge is 0.281 e. The van der Waals surface area contributed by atoms with Gasteiger partial charge in [-0.25, -0.2) is 4.98 Å². The maximum atomic E-state index is 12.7.